The van der Waals surface area contributed by atoms with Crippen LogP contribution < -0.4 is 16.6 Å². The van der Waals surface area contributed by atoms with E-state index in [1.54, 1.807) is 0 Å². The second-order valence-electron chi connectivity index (χ2n) is 3.39. The van der Waals surface area contributed by atoms with Gasteiger partial charge in [-0.1, -0.05) is 0 Å². The normalized spacial score (nSPS) is 12.1. The molecular formula is C10H15N3O2. The summed E-state index contributed by atoms with van der Waals surface area (Å²) in [5, 5.41) is 2.78. The lowest BCUT2D eigenvalue weighted by molar-refractivity contribution is 0.0938. The molecule has 0 bridgehead atoms. The number of amides is 1. The van der Waals surface area contributed by atoms with E-state index in [9.17, 15) is 9.59 Å². The number of H-pyrrole nitrogens is 1. The fourth-order valence-electron chi connectivity index (χ4n) is 1.18. The van der Waals surface area contributed by atoms with Crippen molar-refractivity contribution in [3.8, 4) is 0 Å². The van der Waals surface area contributed by atoms with Crippen LogP contribution in [0.4, 0.5) is 0 Å². The van der Waals surface area contributed by atoms with Crippen molar-refractivity contribution < 1.29 is 4.79 Å². The number of nitrogens with one attached hydrogen (secondary N) is 2. The van der Waals surface area contributed by atoms with Crippen molar-refractivity contribution in [3.63, 3.8) is 0 Å². The average Bonchev–Trinajstić information content (AvgIpc) is 2.18. The van der Waals surface area contributed by atoms with Crippen LogP contribution in [0.3, 0.4) is 0 Å². The number of carbonyl (C=O) groups excluding carboxylic acids is 1. The molecule has 0 saturated carbocycles. The molecule has 0 aliphatic heterocycles. The minimum atomic E-state index is -0.221. The van der Waals surface area contributed by atoms with Crippen molar-refractivity contribution in [1.29, 1.82) is 0 Å². The monoisotopic (exact) mass is 209 g/mol. The van der Waals surface area contributed by atoms with Crippen LogP contribution in [-0.2, 0) is 0 Å². The first-order valence-electron chi connectivity index (χ1n) is 4.83. The molecule has 0 saturated heterocycles. The van der Waals surface area contributed by atoms with Crippen molar-refractivity contribution in [2.75, 3.05) is 6.54 Å². The van der Waals surface area contributed by atoms with E-state index < -0.39 is 0 Å². The Morgan fingerprint density at radius 3 is 2.87 bits per heavy atom. The maximum absolute atomic E-state index is 11.6. The molecule has 4 N–H and O–H groups in total. The Bertz CT molecular complexity index is 366. The third-order valence-corrected chi connectivity index (χ3v) is 2.02. The topological polar surface area (TPSA) is 88.0 Å². The number of carbonyl (C=O) groups is 1. The standard InChI is InChI=1S/C10H15N3O2/c1-7(4-5-11)13-10(15)8-2-3-9(14)12-6-8/h2-3,6-7H,4-5,11H2,1H3,(H,12,14)(H,13,15). The summed E-state index contributed by atoms with van der Waals surface area (Å²) >= 11 is 0. The average molecular weight is 209 g/mol. The third kappa shape index (κ3) is 3.55. The van der Waals surface area contributed by atoms with Gasteiger partial charge in [0.1, 0.15) is 0 Å². The molecule has 1 unspecified atom stereocenters. The summed E-state index contributed by atoms with van der Waals surface area (Å²) in [4.78, 5) is 24.8. The van der Waals surface area contributed by atoms with E-state index in [1.165, 1.54) is 18.3 Å². The van der Waals surface area contributed by atoms with Gasteiger partial charge in [0.25, 0.3) is 5.91 Å². The van der Waals surface area contributed by atoms with Crippen molar-refractivity contribution in [1.82, 2.24) is 10.3 Å². The largest absolute Gasteiger partial charge is 0.349 e. The van der Waals surface area contributed by atoms with Crippen molar-refractivity contribution >= 4 is 5.91 Å². The molecule has 82 valence electrons. The summed E-state index contributed by atoms with van der Waals surface area (Å²) in [5.41, 5.74) is 5.59. The molecule has 1 rings (SSSR count). The molecule has 0 aliphatic rings. The second-order valence-corrected chi connectivity index (χ2v) is 3.39. The highest BCUT2D eigenvalue weighted by Crippen LogP contribution is 1.95. The van der Waals surface area contributed by atoms with E-state index in [0.29, 0.717) is 12.1 Å². The lowest BCUT2D eigenvalue weighted by Gasteiger charge is -2.12. The van der Waals surface area contributed by atoms with Gasteiger partial charge in [0.2, 0.25) is 5.56 Å². The van der Waals surface area contributed by atoms with E-state index in [-0.39, 0.29) is 17.5 Å². The van der Waals surface area contributed by atoms with E-state index in [0.717, 1.165) is 6.42 Å². The Balaban J connectivity index is 2.61. The lowest BCUT2D eigenvalue weighted by Crippen LogP contribution is -2.34. The van der Waals surface area contributed by atoms with Gasteiger partial charge < -0.3 is 16.0 Å². The van der Waals surface area contributed by atoms with Crippen LogP contribution in [0.1, 0.15) is 23.7 Å². The number of aromatic amines is 1. The maximum Gasteiger partial charge on any atom is 0.252 e. The SMILES string of the molecule is CC(CCN)NC(=O)c1ccc(=O)[nH]c1. The number of pyridine rings is 1. The number of hydrogen-bond donors (Lipinski definition) is 3. The van der Waals surface area contributed by atoms with E-state index in [2.05, 4.69) is 10.3 Å². The lowest BCUT2D eigenvalue weighted by atomic mass is 10.2. The molecule has 0 aromatic carbocycles. The van der Waals surface area contributed by atoms with Gasteiger partial charge in [0.05, 0.1) is 5.56 Å². The molecule has 1 aromatic rings. The molecule has 15 heavy (non-hydrogen) atoms. The number of hydrogen-bond acceptors (Lipinski definition) is 3. The molecule has 0 radical (unpaired) electrons. The quantitative estimate of drug-likeness (QED) is 0.644. The fourth-order valence-corrected chi connectivity index (χ4v) is 1.18. The number of nitrogens with two attached hydrogens (primary N) is 1. The molecule has 0 aliphatic carbocycles. The highest BCUT2D eigenvalue weighted by atomic mass is 16.1. The van der Waals surface area contributed by atoms with Crippen LogP contribution in [-0.4, -0.2) is 23.5 Å². The highest BCUT2D eigenvalue weighted by Gasteiger charge is 2.08. The van der Waals surface area contributed by atoms with Gasteiger partial charge in [-0.05, 0) is 26.0 Å². The zero-order valence-electron chi connectivity index (χ0n) is 8.62. The molecule has 0 fully saturated rings. The fraction of sp³-hybridized carbons (Fsp3) is 0.400. The van der Waals surface area contributed by atoms with E-state index in [4.69, 9.17) is 5.73 Å². The van der Waals surface area contributed by atoms with Crippen molar-refractivity contribution in [2.45, 2.75) is 19.4 Å². The number of aromatic nitrogens is 1. The Labute approximate surface area is 87.7 Å². The summed E-state index contributed by atoms with van der Waals surface area (Å²) < 4.78 is 0. The zero-order chi connectivity index (χ0) is 11.3. The van der Waals surface area contributed by atoms with Gasteiger partial charge >= 0.3 is 0 Å². The molecule has 5 nitrogen and oxygen atoms in total. The van der Waals surface area contributed by atoms with E-state index in [1.807, 2.05) is 6.92 Å². The van der Waals surface area contributed by atoms with E-state index >= 15 is 0 Å². The van der Waals surface area contributed by atoms with Crippen molar-refractivity contribution in [2.24, 2.45) is 5.73 Å². The molecule has 1 atom stereocenters. The third-order valence-electron chi connectivity index (χ3n) is 2.02. The van der Waals surface area contributed by atoms with Gasteiger partial charge in [0, 0.05) is 18.3 Å². The first kappa shape index (κ1) is 11.5. The van der Waals surface area contributed by atoms with Crippen molar-refractivity contribution in [3.05, 3.63) is 34.2 Å². The molecule has 0 spiro atoms. The van der Waals surface area contributed by atoms with Gasteiger partial charge in [-0.15, -0.1) is 0 Å². The summed E-state index contributed by atoms with van der Waals surface area (Å²) in [5.74, 6) is -0.202. The first-order chi connectivity index (χ1) is 7.13. The summed E-state index contributed by atoms with van der Waals surface area (Å²) in [6.45, 7) is 2.42. The Kier molecular flexibility index (Phi) is 4.05. The Morgan fingerprint density at radius 2 is 2.33 bits per heavy atom. The second kappa shape index (κ2) is 5.31. The van der Waals surface area contributed by atoms with Gasteiger partial charge in [0.15, 0.2) is 0 Å². The van der Waals surface area contributed by atoms with Gasteiger partial charge in [-0.2, -0.15) is 0 Å². The minimum absolute atomic E-state index is 0.0365. The van der Waals surface area contributed by atoms with Crippen LogP contribution in [0.25, 0.3) is 0 Å². The predicted octanol–water partition coefficient (Wildman–Crippen LogP) is -0.158. The molecule has 5 heteroatoms. The first-order valence-corrected chi connectivity index (χ1v) is 4.83. The molecular weight excluding hydrogens is 194 g/mol. The zero-order valence-corrected chi connectivity index (χ0v) is 8.62. The van der Waals surface area contributed by atoms with Crippen LogP contribution in [0.15, 0.2) is 23.1 Å². The van der Waals surface area contributed by atoms with Gasteiger partial charge in [-0.3, -0.25) is 9.59 Å². The van der Waals surface area contributed by atoms with Crippen LogP contribution in [0.5, 0.6) is 0 Å². The Hall–Kier alpha value is -1.62. The predicted molar refractivity (Wildman–Crippen MR) is 57.7 cm³/mol. The molecule has 1 amide bonds. The summed E-state index contributed by atoms with van der Waals surface area (Å²) in [6, 6.07) is 2.85. The summed E-state index contributed by atoms with van der Waals surface area (Å²) in [7, 11) is 0. The molecule has 1 heterocycles. The molecule has 1 aromatic heterocycles. The maximum atomic E-state index is 11.6. The van der Waals surface area contributed by atoms with Crippen LogP contribution in [0.2, 0.25) is 0 Å². The summed E-state index contributed by atoms with van der Waals surface area (Å²) in [6.07, 6.45) is 2.13. The van der Waals surface area contributed by atoms with Crippen LogP contribution >= 0.6 is 0 Å². The van der Waals surface area contributed by atoms with Crippen LogP contribution in [0, 0.1) is 0 Å². The smallest absolute Gasteiger partial charge is 0.252 e. The van der Waals surface area contributed by atoms with Gasteiger partial charge in [-0.25, -0.2) is 0 Å². The number of rotatable bonds is 4. The highest BCUT2D eigenvalue weighted by molar-refractivity contribution is 5.93. The Morgan fingerprint density at radius 1 is 1.60 bits per heavy atom. The minimum Gasteiger partial charge on any atom is -0.349 e.